The Morgan fingerprint density at radius 1 is 0.756 bits per heavy atom. The summed E-state index contributed by atoms with van der Waals surface area (Å²) in [7, 11) is -3.25. The molecule has 18 atom stereocenters. The fraction of sp³-hybridized carbons (Fsp3) is 0.697. The Kier molecular flexibility index (Phi) is 26.6. The number of esters is 1. The van der Waals surface area contributed by atoms with E-state index in [-0.39, 0.29) is 50.3 Å². The molecule has 16 nitrogen and oxygen atoms in total. The zero-order valence-electron chi connectivity index (χ0n) is 55.4. The number of carbonyl (C=O) groups excluding carboxylic acids is 2. The number of cyclic esters (lactones) is 1. The van der Waals surface area contributed by atoms with Crippen molar-refractivity contribution in [3.63, 3.8) is 0 Å². The molecule has 3 saturated heterocycles. The number of ether oxygens (including phenoxy) is 6. The molecule has 0 unspecified atom stereocenters. The van der Waals surface area contributed by atoms with Gasteiger partial charge in [-0.2, -0.15) is 0 Å². The van der Waals surface area contributed by atoms with Crippen molar-refractivity contribution < 1.29 is 88.7 Å². The zero-order valence-corrected chi connectivity index (χ0v) is 57.2. The number of likely N-dealkylation sites (N-methyl/N-ethyl adjacent to an activating group) is 1. The molecule has 3 aliphatic rings. The Hall–Kier alpha value is -3.44. The Bertz CT molecular complexity index is 2680. The van der Waals surface area contributed by atoms with Crippen LogP contribution in [0.4, 0.5) is 25.2 Å². The molecule has 3 fully saturated rings. The van der Waals surface area contributed by atoms with Crippen LogP contribution in [-0.2, 0) is 44.6 Å². The second-order valence-corrected chi connectivity index (χ2v) is 32.3. The van der Waals surface area contributed by atoms with Crippen LogP contribution in [0.3, 0.4) is 0 Å². The molecule has 90 heavy (non-hydrogen) atoms. The maximum atomic E-state index is 14.8. The topological polar surface area (TPSA) is 200 Å². The van der Waals surface area contributed by atoms with Gasteiger partial charge in [0, 0.05) is 50.6 Å². The molecule has 6 rings (SSSR count). The van der Waals surface area contributed by atoms with E-state index < -0.39 is 117 Å². The Morgan fingerprint density at radius 3 is 1.84 bits per heavy atom. The van der Waals surface area contributed by atoms with E-state index in [1.54, 1.807) is 53.4 Å². The summed E-state index contributed by atoms with van der Waals surface area (Å²) < 4.78 is 97.6. The summed E-state index contributed by atoms with van der Waals surface area (Å²) in [6.07, 6.45) is -4.13. The van der Waals surface area contributed by atoms with E-state index in [1.807, 2.05) is 32.8 Å². The van der Waals surface area contributed by atoms with Crippen molar-refractivity contribution in [2.75, 3.05) is 48.0 Å². The van der Waals surface area contributed by atoms with Crippen LogP contribution in [0.5, 0.6) is 0 Å². The minimum atomic E-state index is -10.7. The van der Waals surface area contributed by atoms with E-state index in [4.69, 9.17) is 28.4 Å². The average Bonchev–Trinajstić information content (AvgIpc) is 0.889. The van der Waals surface area contributed by atoms with Gasteiger partial charge in [-0.15, -0.1) is 0 Å². The van der Waals surface area contributed by atoms with Gasteiger partial charge in [0.15, 0.2) is 12.6 Å². The number of rotatable bonds is 20. The number of aliphatic hydroxyl groups excluding tert-OH is 3. The third-order valence-electron chi connectivity index (χ3n) is 18.4. The second kappa shape index (κ2) is 31.0. The van der Waals surface area contributed by atoms with Crippen LogP contribution >= 0.6 is 15.1 Å². The van der Waals surface area contributed by atoms with Crippen LogP contribution in [0.15, 0.2) is 84.9 Å². The van der Waals surface area contributed by atoms with Crippen molar-refractivity contribution in [2.24, 2.45) is 17.8 Å². The number of amides is 1. The summed E-state index contributed by atoms with van der Waals surface area (Å²) in [5.41, 5.74) is -3.50. The summed E-state index contributed by atoms with van der Waals surface area (Å²) in [5.74, 6) is -3.33. The van der Waals surface area contributed by atoms with Gasteiger partial charge < -0.3 is 68.7 Å². The Morgan fingerprint density at radius 2 is 1.30 bits per heavy atom. The van der Waals surface area contributed by atoms with Gasteiger partial charge in [-0.1, -0.05) is 88.2 Å². The summed E-state index contributed by atoms with van der Waals surface area (Å²) in [5, 5.41) is 65.0. The molecule has 24 heteroatoms. The molecule has 1 amide bonds. The minimum absolute atomic E-state index is 0.0598. The first-order valence-corrected chi connectivity index (χ1v) is 35.7. The summed E-state index contributed by atoms with van der Waals surface area (Å²) in [6.45, 7) is 18.3. The molecule has 0 bridgehead atoms. The molecular weight excluding hydrogens is 1220 g/mol. The maximum absolute atomic E-state index is 14.8. The van der Waals surface area contributed by atoms with E-state index in [2.05, 4.69) is 104 Å². The summed E-state index contributed by atoms with van der Waals surface area (Å²) >= 11 is 0. The SMILES string of the molecule is CC[C@H]1OC(=O)[C@H](C)[C@@H](O[C@H]2C[C@@](C)(OC)[C@@H](O)[C@H](C)O2)[C@H](C)[C@@H](O[C@@H]2O[C@H](C)C[C@H](N(C)C)[C@H]2O)[C@](C)(O)C[C@@H](C)CN(C(=O)CCCCCCC[P+](c2ccccc2)(c2ccccc2)c2ccccc2CN(C)C)[C@H](C)[C@@H](O)[C@]1(C)O.F[P-](F)(F)(F)(F)F. The number of benzene rings is 3. The van der Waals surface area contributed by atoms with Gasteiger partial charge in [-0.3, -0.25) is 9.59 Å². The van der Waals surface area contributed by atoms with Gasteiger partial charge >= 0.3 is 39.0 Å². The van der Waals surface area contributed by atoms with Crippen LogP contribution in [0.25, 0.3) is 0 Å². The van der Waals surface area contributed by atoms with Crippen molar-refractivity contribution in [1.29, 1.82) is 0 Å². The van der Waals surface area contributed by atoms with Crippen LogP contribution in [-0.4, -0.2) is 190 Å². The second-order valence-electron chi connectivity index (χ2n) is 26.8. The van der Waals surface area contributed by atoms with Crippen LogP contribution < -0.4 is 15.9 Å². The molecule has 3 aromatic carbocycles. The van der Waals surface area contributed by atoms with Crippen molar-refractivity contribution in [3.8, 4) is 0 Å². The van der Waals surface area contributed by atoms with Gasteiger partial charge in [0.05, 0.1) is 53.7 Å². The number of halogens is 6. The van der Waals surface area contributed by atoms with E-state index in [9.17, 15) is 60.3 Å². The van der Waals surface area contributed by atoms with Crippen LogP contribution in [0, 0.1) is 17.8 Å². The fourth-order valence-corrected chi connectivity index (χ4v) is 18.3. The van der Waals surface area contributed by atoms with Gasteiger partial charge in [0.2, 0.25) is 5.91 Å². The third-order valence-corrected chi connectivity index (χ3v) is 23.0. The van der Waals surface area contributed by atoms with Crippen LogP contribution in [0.1, 0.15) is 139 Å². The molecule has 514 valence electrons. The van der Waals surface area contributed by atoms with Crippen molar-refractivity contribution >= 4 is 42.9 Å². The molecule has 3 heterocycles. The quantitative estimate of drug-likeness (QED) is 0.0309. The normalized spacial score (nSPS) is 34.5. The molecule has 0 aliphatic carbocycles. The zero-order chi connectivity index (χ0) is 67.6. The number of hydrogen-bond donors (Lipinski definition) is 5. The summed E-state index contributed by atoms with van der Waals surface area (Å²) in [6, 6.07) is 29.6. The number of carbonyl (C=O) groups is 2. The fourth-order valence-electron chi connectivity index (χ4n) is 13.7. The van der Waals surface area contributed by atoms with Crippen LogP contribution in [0.2, 0.25) is 0 Å². The first kappa shape index (κ1) is 77.3. The van der Waals surface area contributed by atoms with Gasteiger partial charge in [-0.25, -0.2) is 0 Å². The number of aliphatic hydroxyl groups is 5. The monoisotopic (exact) mass is 1320 g/mol. The molecule has 0 saturated carbocycles. The number of nitrogens with zero attached hydrogens (tertiary/aromatic N) is 3. The molecule has 0 radical (unpaired) electrons. The standard InChI is InChI=1S/C66H105N3O13P.F6P/c1-16-54-66(10,76)59(72)47(6)69(55(70)36-26-18-17-19-29-37-83(50-31-22-20-23-32-50,51-33-24-21-25-34-51)53-35-28-27-30-49(53)42-67(11)12)41-43(2)39-64(8,75)61(82-63-57(71)52(68(13)14)38-44(3)78-63)45(4)58(46(5)62(74)80-54)81-56-40-65(9,77-15)60(73)48(7)79-56;1-7(2,3,4,5)6/h20-25,27-28,30-35,43-48,52,54,56-61,63,71-73,75-76H,16-19,26,29,36-42H2,1-15H3;/q+1;-1/t43-,44-,45+,46-,47-,48+,52+,54-,56+,57-,58+,59-,60+,61-,63+,64-,65-,66-;/m1./s1. The molecule has 5 N–H and O–H groups in total. The first-order chi connectivity index (χ1) is 41.6. The molecule has 0 aromatic heterocycles. The molecule has 0 spiro atoms. The van der Waals surface area contributed by atoms with E-state index >= 15 is 0 Å². The van der Waals surface area contributed by atoms with E-state index in [1.165, 1.54) is 35.5 Å². The van der Waals surface area contributed by atoms with Gasteiger partial charge in [-0.05, 0) is 151 Å². The van der Waals surface area contributed by atoms with Gasteiger partial charge in [0.25, 0.3) is 0 Å². The van der Waals surface area contributed by atoms with E-state index in [0.29, 0.717) is 12.8 Å². The Balaban J connectivity index is 0.00000198. The van der Waals surface area contributed by atoms with Crippen molar-refractivity contribution in [1.82, 2.24) is 14.7 Å². The molecule has 3 aliphatic heterocycles. The van der Waals surface area contributed by atoms with Crippen molar-refractivity contribution in [3.05, 3.63) is 90.5 Å². The average molecular weight is 1320 g/mol. The predicted molar refractivity (Wildman–Crippen MR) is 342 cm³/mol. The third kappa shape index (κ3) is 21.0. The first-order valence-electron chi connectivity index (χ1n) is 31.7. The molecular formula is C66H105F6N3O13P2. The number of methoxy groups -OCH3 is 1. The van der Waals surface area contributed by atoms with E-state index in [0.717, 1.165) is 38.4 Å². The van der Waals surface area contributed by atoms with Gasteiger partial charge in [0.1, 0.15) is 53.2 Å². The Labute approximate surface area is 530 Å². The predicted octanol–water partition coefficient (Wildman–Crippen LogP) is 10.6. The number of hydrogen-bond acceptors (Lipinski definition) is 15. The summed E-state index contributed by atoms with van der Waals surface area (Å²) in [4.78, 5) is 35.4. The number of unbranched alkanes of at least 4 members (excludes halogenated alkanes) is 4. The molecule has 3 aromatic rings. The van der Waals surface area contributed by atoms with Crippen molar-refractivity contribution in [2.45, 2.75) is 230 Å².